The lowest BCUT2D eigenvalue weighted by atomic mass is 10.0. The largest absolute Gasteiger partial charge is 0.493 e. The molecule has 0 unspecified atom stereocenters. The van der Waals surface area contributed by atoms with Crippen molar-refractivity contribution in [3.8, 4) is 11.5 Å². The highest BCUT2D eigenvalue weighted by Crippen LogP contribution is 2.37. The van der Waals surface area contributed by atoms with Gasteiger partial charge in [0.25, 0.3) is 10.0 Å². The van der Waals surface area contributed by atoms with E-state index in [9.17, 15) is 8.42 Å². The van der Waals surface area contributed by atoms with Crippen LogP contribution in [0.25, 0.3) is 0 Å². The fraction of sp³-hybridized carbons (Fsp3) is 0.308. The van der Waals surface area contributed by atoms with Crippen molar-refractivity contribution in [2.24, 2.45) is 0 Å². The molecule has 0 aliphatic carbocycles. The quantitative estimate of drug-likeness (QED) is 0.424. The highest BCUT2D eigenvalue weighted by molar-refractivity contribution is 7.92. The number of hydrogen-bond acceptors (Lipinski definition) is 5. The Kier molecular flexibility index (Phi) is 7.66. The summed E-state index contributed by atoms with van der Waals surface area (Å²) in [6, 6.07) is 21.5. The molecule has 1 aliphatic rings. The Bertz CT molecular complexity index is 1210. The van der Waals surface area contributed by atoms with Crippen molar-refractivity contribution in [1.29, 1.82) is 0 Å². The smallest absolute Gasteiger partial charge is 0.264 e. The molecule has 8 heteroatoms. The molecule has 0 bridgehead atoms. The van der Waals surface area contributed by atoms with Gasteiger partial charge in [-0.1, -0.05) is 48.0 Å². The van der Waals surface area contributed by atoms with Crippen LogP contribution in [0.4, 0.5) is 5.69 Å². The standard InChI is InChI=1S/C26H29ClN2O4S/c1-32-25-13-12-22(18-26(25)33-2)29(34(30,31)23-9-4-3-5-10-23)21-14-16-28(17-15-21)19-20-8-6-7-11-24(20)27/h3-13,18,21H,14-17,19H2,1-2H3. The maximum atomic E-state index is 13.8. The number of benzene rings is 3. The lowest BCUT2D eigenvalue weighted by Crippen LogP contribution is -2.47. The van der Waals surface area contributed by atoms with Crippen LogP contribution in [-0.2, 0) is 16.6 Å². The van der Waals surface area contributed by atoms with E-state index in [1.54, 1.807) is 61.0 Å². The summed E-state index contributed by atoms with van der Waals surface area (Å²) in [6.45, 7) is 2.28. The van der Waals surface area contributed by atoms with Crippen LogP contribution in [0.1, 0.15) is 18.4 Å². The Labute approximate surface area is 206 Å². The summed E-state index contributed by atoms with van der Waals surface area (Å²) in [6.07, 6.45) is 1.40. The van der Waals surface area contributed by atoms with E-state index in [0.717, 1.165) is 30.2 Å². The van der Waals surface area contributed by atoms with E-state index in [1.165, 1.54) is 0 Å². The third kappa shape index (κ3) is 5.17. The Morgan fingerprint density at radius 2 is 1.56 bits per heavy atom. The normalized spacial score (nSPS) is 15.1. The zero-order chi connectivity index (χ0) is 24.1. The van der Waals surface area contributed by atoms with Crippen molar-refractivity contribution < 1.29 is 17.9 Å². The van der Waals surface area contributed by atoms with E-state index in [1.807, 2.05) is 30.3 Å². The molecule has 3 aromatic carbocycles. The number of halogens is 1. The second-order valence-corrected chi connectivity index (χ2v) is 10.5. The van der Waals surface area contributed by atoms with Gasteiger partial charge in [0.15, 0.2) is 11.5 Å². The summed E-state index contributed by atoms with van der Waals surface area (Å²) < 4.78 is 40.0. The van der Waals surface area contributed by atoms with Gasteiger partial charge in [0.05, 0.1) is 24.8 Å². The van der Waals surface area contributed by atoms with Crippen LogP contribution in [0.2, 0.25) is 5.02 Å². The SMILES string of the molecule is COc1ccc(N(C2CCN(Cc3ccccc3Cl)CC2)S(=O)(=O)c2ccccc2)cc1OC. The molecular weight excluding hydrogens is 472 g/mol. The molecule has 0 N–H and O–H groups in total. The van der Waals surface area contributed by atoms with Crippen molar-refractivity contribution in [3.05, 3.63) is 83.4 Å². The average molecular weight is 501 g/mol. The average Bonchev–Trinajstić information content (AvgIpc) is 2.87. The van der Waals surface area contributed by atoms with Gasteiger partial charge >= 0.3 is 0 Å². The minimum Gasteiger partial charge on any atom is -0.493 e. The third-order valence-corrected chi connectivity index (χ3v) is 8.43. The number of sulfonamides is 1. The topological polar surface area (TPSA) is 59.1 Å². The monoisotopic (exact) mass is 500 g/mol. The molecule has 34 heavy (non-hydrogen) atoms. The lowest BCUT2D eigenvalue weighted by Gasteiger charge is -2.39. The predicted molar refractivity (Wildman–Crippen MR) is 135 cm³/mol. The van der Waals surface area contributed by atoms with Gasteiger partial charge in [-0.05, 0) is 48.7 Å². The zero-order valence-corrected chi connectivity index (χ0v) is 20.9. The first-order chi connectivity index (χ1) is 16.4. The number of anilines is 1. The molecule has 180 valence electrons. The van der Waals surface area contributed by atoms with E-state index < -0.39 is 10.0 Å². The first-order valence-electron chi connectivity index (χ1n) is 11.2. The summed E-state index contributed by atoms with van der Waals surface area (Å²) in [7, 11) is -0.677. The molecule has 4 rings (SSSR count). The number of methoxy groups -OCH3 is 2. The second kappa shape index (κ2) is 10.7. The van der Waals surface area contributed by atoms with E-state index in [4.69, 9.17) is 21.1 Å². The maximum Gasteiger partial charge on any atom is 0.264 e. The zero-order valence-electron chi connectivity index (χ0n) is 19.4. The minimum absolute atomic E-state index is 0.189. The molecule has 0 spiro atoms. The lowest BCUT2D eigenvalue weighted by molar-refractivity contribution is 0.206. The van der Waals surface area contributed by atoms with Crippen molar-refractivity contribution in [1.82, 2.24) is 4.90 Å². The fourth-order valence-corrected chi connectivity index (χ4v) is 6.31. The summed E-state index contributed by atoms with van der Waals surface area (Å²) in [5.74, 6) is 1.04. The molecule has 0 amide bonds. The van der Waals surface area contributed by atoms with Gasteiger partial charge in [0.1, 0.15) is 0 Å². The van der Waals surface area contributed by atoms with E-state index in [0.29, 0.717) is 30.0 Å². The van der Waals surface area contributed by atoms with Gasteiger partial charge in [0.2, 0.25) is 0 Å². The van der Waals surface area contributed by atoms with Gasteiger partial charge in [-0.2, -0.15) is 0 Å². The van der Waals surface area contributed by atoms with Crippen molar-refractivity contribution in [3.63, 3.8) is 0 Å². The number of piperidine rings is 1. The van der Waals surface area contributed by atoms with Crippen LogP contribution in [0, 0.1) is 0 Å². The van der Waals surface area contributed by atoms with Crippen LogP contribution < -0.4 is 13.8 Å². The molecule has 0 aromatic heterocycles. The molecule has 3 aromatic rings. The van der Waals surface area contributed by atoms with E-state index in [-0.39, 0.29) is 10.9 Å². The second-order valence-electron chi connectivity index (χ2n) is 8.25. The Balaban J connectivity index is 1.63. The van der Waals surface area contributed by atoms with Gasteiger partial charge in [0, 0.05) is 36.8 Å². The number of nitrogens with zero attached hydrogens (tertiary/aromatic N) is 2. The Hall–Kier alpha value is -2.74. The summed E-state index contributed by atoms with van der Waals surface area (Å²) in [4.78, 5) is 2.59. The highest BCUT2D eigenvalue weighted by Gasteiger charge is 2.34. The molecule has 6 nitrogen and oxygen atoms in total. The van der Waals surface area contributed by atoms with Gasteiger partial charge in [-0.15, -0.1) is 0 Å². The van der Waals surface area contributed by atoms with Gasteiger partial charge in [-0.3, -0.25) is 9.21 Å². The minimum atomic E-state index is -3.78. The molecule has 0 atom stereocenters. The number of likely N-dealkylation sites (tertiary alicyclic amines) is 1. The molecule has 1 saturated heterocycles. The highest BCUT2D eigenvalue weighted by atomic mass is 35.5. The van der Waals surface area contributed by atoms with E-state index in [2.05, 4.69) is 4.90 Å². The van der Waals surface area contributed by atoms with Crippen LogP contribution >= 0.6 is 11.6 Å². The van der Waals surface area contributed by atoms with Crippen LogP contribution in [0.15, 0.2) is 77.7 Å². The van der Waals surface area contributed by atoms with Crippen LogP contribution in [-0.4, -0.2) is 46.7 Å². The van der Waals surface area contributed by atoms with Crippen molar-refractivity contribution >= 4 is 27.3 Å². The molecular formula is C26H29ClN2O4S. The fourth-order valence-electron chi connectivity index (χ4n) is 4.39. The van der Waals surface area contributed by atoms with Crippen LogP contribution in [0.5, 0.6) is 11.5 Å². The molecule has 0 saturated carbocycles. The van der Waals surface area contributed by atoms with Crippen LogP contribution in [0.3, 0.4) is 0 Å². The third-order valence-electron chi connectivity index (χ3n) is 6.16. The van der Waals surface area contributed by atoms with Gasteiger partial charge < -0.3 is 9.47 Å². The molecule has 1 fully saturated rings. The van der Waals surface area contributed by atoms with E-state index >= 15 is 0 Å². The first kappa shape index (κ1) is 24.4. The van der Waals surface area contributed by atoms with Gasteiger partial charge in [-0.25, -0.2) is 8.42 Å². The first-order valence-corrected chi connectivity index (χ1v) is 13.0. The Morgan fingerprint density at radius 3 is 2.21 bits per heavy atom. The summed E-state index contributed by atoms with van der Waals surface area (Å²) in [5.41, 5.74) is 1.64. The maximum absolute atomic E-state index is 13.8. The molecule has 1 heterocycles. The molecule has 0 radical (unpaired) electrons. The van der Waals surface area contributed by atoms with Crippen molar-refractivity contribution in [2.45, 2.75) is 30.3 Å². The molecule has 1 aliphatic heterocycles. The van der Waals surface area contributed by atoms with Crippen molar-refractivity contribution in [2.75, 3.05) is 31.6 Å². The number of rotatable bonds is 8. The summed E-state index contributed by atoms with van der Waals surface area (Å²) in [5, 5.41) is 0.753. The number of ether oxygens (including phenoxy) is 2. The number of hydrogen-bond donors (Lipinski definition) is 0. The Morgan fingerprint density at radius 1 is 0.912 bits per heavy atom. The summed E-state index contributed by atoms with van der Waals surface area (Å²) >= 11 is 6.35. The predicted octanol–water partition coefficient (Wildman–Crippen LogP) is 5.22.